The topological polar surface area (TPSA) is 69.9 Å². The lowest BCUT2D eigenvalue weighted by Crippen LogP contribution is -2.17. The Morgan fingerprint density at radius 1 is 1.17 bits per heavy atom. The third kappa shape index (κ3) is 2.55. The van der Waals surface area contributed by atoms with Crippen molar-refractivity contribution in [2.45, 2.75) is 19.9 Å². The van der Waals surface area contributed by atoms with Crippen LogP contribution in [0.3, 0.4) is 0 Å². The van der Waals surface area contributed by atoms with Gasteiger partial charge in [0.15, 0.2) is 11.6 Å². The van der Waals surface area contributed by atoms with Gasteiger partial charge in [0, 0.05) is 36.0 Å². The highest BCUT2D eigenvalue weighted by atomic mass is 19.2. The Hall–Kier alpha value is -2.47. The molecular weight excluding hydrogens is 298 g/mol. The van der Waals surface area contributed by atoms with Crippen molar-refractivity contribution in [2.75, 3.05) is 12.3 Å². The van der Waals surface area contributed by atoms with Crippen LogP contribution < -0.4 is 11.5 Å². The number of aryl methyl sites for hydroxylation is 1. The van der Waals surface area contributed by atoms with Gasteiger partial charge in [-0.05, 0) is 25.5 Å². The number of nitrogens with zero attached hydrogens (tertiary/aromatic N) is 2. The maximum Gasteiger partial charge on any atom is 0.161 e. The molecule has 0 aliphatic carbocycles. The zero-order valence-corrected chi connectivity index (χ0v) is 13.0. The lowest BCUT2D eigenvalue weighted by atomic mass is 10.1. The molecular formula is C17H18F2N4. The van der Waals surface area contributed by atoms with Gasteiger partial charge >= 0.3 is 0 Å². The minimum atomic E-state index is -0.919. The molecule has 0 saturated heterocycles. The van der Waals surface area contributed by atoms with Crippen LogP contribution in [0.5, 0.6) is 0 Å². The van der Waals surface area contributed by atoms with E-state index in [1.165, 1.54) is 0 Å². The molecule has 120 valence electrons. The number of imidazole rings is 1. The number of nitrogen functional groups attached to an aromatic ring is 1. The highest BCUT2D eigenvalue weighted by Gasteiger charge is 2.19. The summed E-state index contributed by atoms with van der Waals surface area (Å²) in [5.74, 6) is -1.23. The molecule has 3 rings (SSSR count). The zero-order valence-electron chi connectivity index (χ0n) is 13.0. The van der Waals surface area contributed by atoms with E-state index in [1.807, 2.05) is 36.6 Å². The van der Waals surface area contributed by atoms with Crippen molar-refractivity contribution < 1.29 is 8.78 Å². The molecule has 0 aliphatic heterocycles. The fraction of sp³-hybridized carbons (Fsp3) is 0.235. The molecule has 0 saturated carbocycles. The lowest BCUT2D eigenvalue weighted by molar-refractivity contribution is 0.509. The number of hydrogen-bond donors (Lipinski definition) is 2. The molecule has 2 aromatic carbocycles. The Bertz CT molecular complexity index is 886. The van der Waals surface area contributed by atoms with Crippen LogP contribution in [0.1, 0.15) is 18.5 Å². The number of nitrogens with two attached hydrogens (primary N) is 2. The molecule has 4 nitrogen and oxygen atoms in total. The number of rotatable bonds is 3. The van der Waals surface area contributed by atoms with Crippen LogP contribution in [-0.2, 0) is 0 Å². The Labute approximate surface area is 132 Å². The number of halogens is 2. The quantitative estimate of drug-likeness (QED) is 0.728. The van der Waals surface area contributed by atoms with Crippen LogP contribution in [0.15, 0.2) is 30.3 Å². The summed E-state index contributed by atoms with van der Waals surface area (Å²) in [6.45, 7) is 4.16. The first-order valence-electron chi connectivity index (χ1n) is 7.36. The van der Waals surface area contributed by atoms with Gasteiger partial charge in [-0.15, -0.1) is 0 Å². The maximum atomic E-state index is 13.7. The van der Waals surface area contributed by atoms with E-state index in [1.54, 1.807) is 0 Å². The number of benzene rings is 2. The minimum absolute atomic E-state index is 0.123. The van der Waals surface area contributed by atoms with E-state index in [0.717, 1.165) is 23.3 Å². The average Bonchev–Trinajstić information content (AvgIpc) is 2.88. The third-order valence-corrected chi connectivity index (χ3v) is 4.05. The zero-order chi connectivity index (χ0) is 16.7. The molecule has 3 aromatic rings. The molecule has 23 heavy (non-hydrogen) atoms. The minimum Gasteiger partial charge on any atom is -0.398 e. The molecule has 1 unspecified atom stereocenters. The first-order chi connectivity index (χ1) is 10.9. The lowest BCUT2D eigenvalue weighted by Gasteiger charge is -2.16. The van der Waals surface area contributed by atoms with Gasteiger partial charge in [-0.2, -0.15) is 0 Å². The molecule has 0 amide bonds. The van der Waals surface area contributed by atoms with Gasteiger partial charge in [0.25, 0.3) is 0 Å². The first-order valence-corrected chi connectivity index (χ1v) is 7.36. The highest BCUT2D eigenvalue weighted by Crippen LogP contribution is 2.31. The van der Waals surface area contributed by atoms with Crippen molar-refractivity contribution in [1.29, 1.82) is 0 Å². The molecule has 1 heterocycles. The second-order valence-corrected chi connectivity index (χ2v) is 5.72. The molecule has 0 aliphatic rings. The highest BCUT2D eigenvalue weighted by molar-refractivity contribution is 5.81. The SMILES string of the molecule is Cc1ccc(-c2nc3cc(F)c(F)cc3n2C(C)CN)cc1N. The number of anilines is 1. The van der Waals surface area contributed by atoms with Gasteiger partial charge in [0.2, 0.25) is 0 Å². The molecule has 0 radical (unpaired) electrons. The summed E-state index contributed by atoms with van der Waals surface area (Å²) in [5.41, 5.74) is 15.0. The summed E-state index contributed by atoms with van der Waals surface area (Å²) in [5, 5.41) is 0. The van der Waals surface area contributed by atoms with E-state index in [-0.39, 0.29) is 6.04 Å². The summed E-state index contributed by atoms with van der Waals surface area (Å²) in [4.78, 5) is 4.47. The summed E-state index contributed by atoms with van der Waals surface area (Å²) in [7, 11) is 0. The molecule has 0 bridgehead atoms. The van der Waals surface area contributed by atoms with Crippen molar-refractivity contribution in [3.8, 4) is 11.4 Å². The van der Waals surface area contributed by atoms with Crippen LogP contribution in [-0.4, -0.2) is 16.1 Å². The Kier molecular flexibility index (Phi) is 3.77. The predicted octanol–water partition coefficient (Wildman–Crippen LogP) is 3.39. The van der Waals surface area contributed by atoms with Crippen LogP contribution in [0.4, 0.5) is 14.5 Å². The van der Waals surface area contributed by atoms with Crippen molar-refractivity contribution in [1.82, 2.24) is 9.55 Å². The second-order valence-electron chi connectivity index (χ2n) is 5.72. The average molecular weight is 316 g/mol. The molecule has 0 spiro atoms. The predicted molar refractivity (Wildman–Crippen MR) is 88.0 cm³/mol. The smallest absolute Gasteiger partial charge is 0.161 e. The van der Waals surface area contributed by atoms with E-state index in [0.29, 0.717) is 29.1 Å². The molecule has 4 N–H and O–H groups in total. The van der Waals surface area contributed by atoms with Gasteiger partial charge < -0.3 is 16.0 Å². The van der Waals surface area contributed by atoms with Gasteiger partial charge in [-0.3, -0.25) is 0 Å². The summed E-state index contributed by atoms with van der Waals surface area (Å²) in [6.07, 6.45) is 0. The Morgan fingerprint density at radius 3 is 2.52 bits per heavy atom. The number of aromatic nitrogens is 2. The molecule has 1 aromatic heterocycles. The number of fused-ring (bicyclic) bond motifs is 1. The fourth-order valence-corrected chi connectivity index (χ4v) is 2.63. The van der Waals surface area contributed by atoms with Gasteiger partial charge in [-0.1, -0.05) is 12.1 Å². The van der Waals surface area contributed by atoms with E-state index in [2.05, 4.69) is 4.98 Å². The maximum absolute atomic E-state index is 13.7. The standard InChI is InChI=1S/C17H18F2N4/c1-9-3-4-11(5-14(9)21)17-22-15-6-12(18)13(19)7-16(15)23(17)10(2)8-20/h3-7,10H,8,20-21H2,1-2H3. The third-order valence-electron chi connectivity index (χ3n) is 4.05. The van der Waals surface area contributed by atoms with Crippen LogP contribution in [0.25, 0.3) is 22.4 Å². The molecule has 1 atom stereocenters. The Balaban J connectivity index is 2.32. The molecule has 6 heteroatoms. The van der Waals surface area contributed by atoms with Crippen LogP contribution in [0.2, 0.25) is 0 Å². The van der Waals surface area contributed by atoms with Gasteiger partial charge in [0.05, 0.1) is 11.0 Å². The fourth-order valence-electron chi connectivity index (χ4n) is 2.63. The largest absolute Gasteiger partial charge is 0.398 e. The first kappa shape index (κ1) is 15.4. The monoisotopic (exact) mass is 316 g/mol. The van der Waals surface area contributed by atoms with E-state index < -0.39 is 11.6 Å². The van der Waals surface area contributed by atoms with E-state index >= 15 is 0 Å². The van der Waals surface area contributed by atoms with Gasteiger partial charge in [0.1, 0.15) is 5.82 Å². The summed E-state index contributed by atoms with van der Waals surface area (Å²) < 4.78 is 29.0. The van der Waals surface area contributed by atoms with Crippen molar-refractivity contribution in [3.63, 3.8) is 0 Å². The van der Waals surface area contributed by atoms with E-state index in [4.69, 9.17) is 11.5 Å². The second kappa shape index (κ2) is 5.62. The normalized spacial score (nSPS) is 12.7. The Morgan fingerprint density at radius 2 is 1.87 bits per heavy atom. The van der Waals surface area contributed by atoms with Crippen molar-refractivity contribution >= 4 is 16.7 Å². The van der Waals surface area contributed by atoms with Crippen molar-refractivity contribution in [2.24, 2.45) is 5.73 Å². The number of hydrogen-bond acceptors (Lipinski definition) is 3. The summed E-state index contributed by atoms with van der Waals surface area (Å²) >= 11 is 0. The van der Waals surface area contributed by atoms with Crippen molar-refractivity contribution in [3.05, 3.63) is 47.5 Å². The van der Waals surface area contributed by atoms with Gasteiger partial charge in [-0.25, -0.2) is 13.8 Å². The summed E-state index contributed by atoms with van der Waals surface area (Å²) in [6, 6.07) is 7.73. The van der Waals surface area contributed by atoms with E-state index in [9.17, 15) is 8.78 Å². The molecule has 0 fully saturated rings. The van der Waals surface area contributed by atoms with Crippen LogP contribution >= 0.6 is 0 Å². The van der Waals surface area contributed by atoms with Crippen LogP contribution in [0, 0.1) is 18.6 Å².